The van der Waals surface area contributed by atoms with Gasteiger partial charge in [0.25, 0.3) is 0 Å². The fourth-order valence-electron chi connectivity index (χ4n) is 4.04. The summed E-state index contributed by atoms with van der Waals surface area (Å²) in [6.45, 7) is 4.07. The summed E-state index contributed by atoms with van der Waals surface area (Å²) in [5.41, 5.74) is 4.02. The molecular formula is C22H27N7. The summed E-state index contributed by atoms with van der Waals surface area (Å²) in [5, 5.41) is 12.4. The molecule has 7 nitrogen and oxygen atoms in total. The van der Waals surface area contributed by atoms with Crippen LogP contribution >= 0.6 is 0 Å². The molecule has 0 aliphatic carbocycles. The molecule has 7 heteroatoms. The third-order valence-corrected chi connectivity index (χ3v) is 5.76. The standard InChI is InChI=1S/C22H27N7/c1-15-18(21-27-19-9-8-16(13-23)12-20(19)28-21)14-25-22(26-15)24-10-5-7-17-6-3-4-11-29(17)2/h8-9,12,14,17H,3-7,10-11H2,1-2H3,(H,27,28)(H,24,25,26). The lowest BCUT2D eigenvalue weighted by Crippen LogP contribution is -2.36. The van der Waals surface area contributed by atoms with Crippen LogP contribution in [0.25, 0.3) is 22.4 Å². The zero-order chi connectivity index (χ0) is 20.2. The van der Waals surface area contributed by atoms with Crippen molar-refractivity contribution in [2.45, 2.75) is 45.1 Å². The molecule has 1 aliphatic rings. The molecule has 1 fully saturated rings. The molecular weight excluding hydrogens is 362 g/mol. The summed E-state index contributed by atoms with van der Waals surface area (Å²) < 4.78 is 0. The second kappa shape index (κ2) is 8.58. The number of piperidine rings is 1. The number of fused-ring (bicyclic) bond motifs is 1. The summed E-state index contributed by atoms with van der Waals surface area (Å²) in [6, 6.07) is 8.29. The van der Waals surface area contributed by atoms with Crippen molar-refractivity contribution in [1.82, 2.24) is 24.8 Å². The van der Waals surface area contributed by atoms with Gasteiger partial charge in [0.15, 0.2) is 0 Å². The van der Waals surface area contributed by atoms with E-state index in [0.717, 1.165) is 41.1 Å². The number of rotatable bonds is 6. The first-order valence-corrected chi connectivity index (χ1v) is 10.3. The van der Waals surface area contributed by atoms with Gasteiger partial charge in [-0.05, 0) is 64.4 Å². The molecule has 0 saturated carbocycles. The summed E-state index contributed by atoms with van der Waals surface area (Å²) in [4.78, 5) is 19.5. The van der Waals surface area contributed by atoms with Crippen LogP contribution in [-0.2, 0) is 0 Å². The van der Waals surface area contributed by atoms with Gasteiger partial charge in [-0.25, -0.2) is 15.0 Å². The molecule has 150 valence electrons. The van der Waals surface area contributed by atoms with Gasteiger partial charge in [-0.2, -0.15) is 5.26 Å². The average Bonchev–Trinajstić information content (AvgIpc) is 3.15. The van der Waals surface area contributed by atoms with Crippen molar-refractivity contribution in [2.75, 3.05) is 25.5 Å². The molecule has 1 atom stereocenters. The van der Waals surface area contributed by atoms with Gasteiger partial charge in [-0.15, -0.1) is 0 Å². The zero-order valence-electron chi connectivity index (χ0n) is 17.1. The number of nitriles is 1. The van der Waals surface area contributed by atoms with E-state index in [9.17, 15) is 0 Å². The lowest BCUT2D eigenvalue weighted by Gasteiger charge is -2.32. The van der Waals surface area contributed by atoms with E-state index in [-0.39, 0.29) is 0 Å². The fourth-order valence-corrected chi connectivity index (χ4v) is 4.04. The number of aromatic amines is 1. The molecule has 2 N–H and O–H groups in total. The highest BCUT2D eigenvalue weighted by Crippen LogP contribution is 2.23. The highest BCUT2D eigenvalue weighted by Gasteiger charge is 2.18. The number of benzene rings is 1. The quantitative estimate of drug-likeness (QED) is 0.622. The van der Waals surface area contributed by atoms with Crippen molar-refractivity contribution in [3.63, 3.8) is 0 Å². The van der Waals surface area contributed by atoms with Crippen molar-refractivity contribution < 1.29 is 0 Å². The minimum atomic E-state index is 0.611. The Balaban J connectivity index is 1.38. The van der Waals surface area contributed by atoms with Crippen LogP contribution in [0.2, 0.25) is 0 Å². The minimum Gasteiger partial charge on any atom is -0.354 e. The van der Waals surface area contributed by atoms with Gasteiger partial charge in [-0.3, -0.25) is 0 Å². The topological polar surface area (TPSA) is 93.5 Å². The average molecular weight is 390 g/mol. The smallest absolute Gasteiger partial charge is 0.222 e. The Morgan fingerprint density at radius 2 is 2.21 bits per heavy atom. The van der Waals surface area contributed by atoms with Crippen molar-refractivity contribution in [3.8, 4) is 17.5 Å². The van der Waals surface area contributed by atoms with Gasteiger partial charge in [0.1, 0.15) is 5.82 Å². The van der Waals surface area contributed by atoms with E-state index in [1.54, 1.807) is 6.07 Å². The molecule has 0 radical (unpaired) electrons. The first-order chi connectivity index (χ1) is 14.1. The number of hydrogen-bond acceptors (Lipinski definition) is 6. The van der Waals surface area contributed by atoms with Crippen molar-refractivity contribution in [1.29, 1.82) is 5.26 Å². The molecule has 3 aromatic rings. The number of hydrogen-bond donors (Lipinski definition) is 2. The number of nitrogens with one attached hydrogen (secondary N) is 2. The number of aryl methyl sites for hydroxylation is 1. The molecule has 1 aliphatic heterocycles. The highest BCUT2D eigenvalue weighted by atomic mass is 15.1. The molecule has 1 unspecified atom stereocenters. The van der Waals surface area contributed by atoms with E-state index in [1.807, 2.05) is 25.3 Å². The van der Waals surface area contributed by atoms with Crippen LogP contribution in [0.1, 0.15) is 43.4 Å². The fraction of sp³-hybridized carbons (Fsp3) is 0.455. The van der Waals surface area contributed by atoms with E-state index >= 15 is 0 Å². The summed E-state index contributed by atoms with van der Waals surface area (Å²) in [7, 11) is 2.24. The summed E-state index contributed by atoms with van der Waals surface area (Å²) in [5.74, 6) is 1.38. The van der Waals surface area contributed by atoms with Crippen LogP contribution < -0.4 is 5.32 Å². The molecule has 4 rings (SSSR count). The van der Waals surface area contributed by atoms with E-state index < -0.39 is 0 Å². The Morgan fingerprint density at radius 1 is 1.31 bits per heavy atom. The number of nitrogens with zero attached hydrogens (tertiary/aromatic N) is 5. The maximum absolute atomic E-state index is 9.06. The lowest BCUT2D eigenvalue weighted by atomic mass is 9.99. The largest absolute Gasteiger partial charge is 0.354 e. The Morgan fingerprint density at radius 3 is 3.00 bits per heavy atom. The SMILES string of the molecule is Cc1nc(NCCCC2CCCCN2C)ncc1-c1nc2ccc(C#N)cc2[nH]1. The Hall–Kier alpha value is -2.98. The zero-order valence-corrected chi connectivity index (χ0v) is 17.1. The van der Waals surface area contributed by atoms with E-state index in [4.69, 9.17) is 5.26 Å². The predicted molar refractivity (Wildman–Crippen MR) is 115 cm³/mol. The highest BCUT2D eigenvalue weighted by molar-refractivity contribution is 5.80. The second-order valence-corrected chi connectivity index (χ2v) is 7.82. The molecule has 1 saturated heterocycles. The van der Waals surface area contributed by atoms with Crippen LogP contribution in [0, 0.1) is 18.3 Å². The lowest BCUT2D eigenvalue weighted by molar-refractivity contribution is 0.175. The molecule has 29 heavy (non-hydrogen) atoms. The number of imidazole rings is 1. The summed E-state index contributed by atoms with van der Waals surface area (Å²) >= 11 is 0. The molecule has 2 aromatic heterocycles. The number of H-pyrrole nitrogens is 1. The Kier molecular flexibility index (Phi) is 5.72. The van der Waals surface area contributed by atoms with E-state index in [1.165, 1.54) is 32.2 Å². The molecule has 1 aromatic carbocycles. The van der Waals surface area contributed by atoms with Crippen molar-refractivity contribution >= 4 is 17.0 Å². The van der Waals surface area contributed by atoms with Crippen molar-refractivity contribution in [3.05, 3.63) is 35.7 Å². The molecule has 0 amide bonds. The number of anilines is 1. The monoisotopic (exact) mass is 389 g/mol. The predicted octanol–water partition coefficient (Wildman–Crippen LogP) is 3.88. The number of likely N-dealkylation sites (tertiary alicyclic amines) is 1. The van der Waals surface area contributed by atoms with Gasteiger partial charge in [0.2, 0.25) is 5.95 Å². The first-order valence-electron chi connectivity index (χ1n) is 10.3. The Labute approximate surface area is 171 Å². The number of aromatic nitrogens is 4. The second-order valence-electron chi connectivity index (χ2n) is 7.82. The van der Waals surface area contributed by atoms with Gasteiger partial charge in [0, 0.05) is 18.8 Å². The molecule has 0 bridgehead atoms. The van der Waals surface area contributed by atoms with Gasteiger partial charge in [0.05, 0.1) is 33.9 Å². The summed E-state index contributed by atoms with van der Waals surface area (Å²) in [6.07, 6.45) is 8.13. The van der Waals surface area contributed by atoms with E-state index in [2.05, 4.69) is 43.3 Å². The van der Waals surface area contributed by atoms with Crippen LogP contribution in [0.4, 0.5) is 5.95 Å². The van der Waals surface area contributed by atoms with Gasteiger partial charge >= 0.3 is 0 Å². The third kappa shape index (κ3) is 4.38. The van der Waals surface area contributed by atoms with Crippen LogP contribution in [0.3, 0.4) is 0 Å². The van der Waals surface area contributed by atoms with E-state index in [0.29, 0.717) is 17.6 Å². The van der Waals surface area contributed by atoms with Crippen molar-refractivity contribution in [2.24, 2.45) is 0 Å². The maximum Gasteiger partial charge on any atom is 0.222 e. The molecule has 3 heterocycles. The third-order valence-electron chi connectivity index (χ3n) is 5.76. The van der Waals surface area contributed by atoms with Crippen LogP contribution in [-0.4, -0.2) is 51.0 Å². The van der Waals surface area contributed by atoms with Gasteiger partial charge in [-0.1, -0.05) is 6.42 Å². The Bertz CT molecular complexity index is 1030. The molecule has 0 spiro atoms. The first kappa shape index (κ1) is 19.3. The minimum absolute atomic E-state index is 0.611. The normalized spacial score (nSPS) is 17.3. The van der Waals surface area contributed by atoms with Crippen LogP contribution in [0.5, 0.6) is 0 Å². The van der Waals surface area contributed by atoms with Gasteiger partial charge < -0.3 is 15.2 Å². The maximum atomic E-state index is 9.06. The van der Waals surface area contributed by atoms with Crippen LogP contribution in [0.15, 0.2) is 24.4 Å².